The molecule has 2 aliphatic heterocycles. The number of rotatable bonds is 3. The lowest BCUT2D eigenvalue weighted by Crippen LogP contribution is -2.35. The molecule has 2 aliphatic rings. The van der Waals surface area contributed by atoms with Gasteiger partial charge in [0, 0.05) is 34.3 Å². The van der Waals surface area contributed by atoms with E-state index in [4.69, 9.17) is 11.6 Å². The van der Waals surface area contributed by atoms with Crippen LogP contribution in [-0.2, 0) is 16.4 Å². The summed E-state index contributed by atoms with van der Waals surface area (Å²) in [5.74, 6) is 0.533. The van der Waals surface area contributed by atoms with Gasteiger partial charge in [-0.2, -0.15) is 0 Å². The normalized spacial score (nSPS) is 15.5. The first-order chi connectivity index (χ1) is 14.9. The van der Waals surface area contributed by atoms with Gasteiger partial charge >= 0.3 is 0 Å². The number of amides is 1. The molecule has 31 heavy (non-hydrogen) atoms. The Hall–Kier alpha value is -2.48. The van der Waals surface area contributed by atoms with Crippen molar-refractivity contribution in [1.29, 1.82) is 0 Å². The van der Waals surface area contributed by atoms with Gasteiger partial charge in [0.25, 0.3) is 15.9 Å². The van der Waals surface area contributed by atoms with Gasteiger partial charge in [-0.1, -0.05) is 35.9 Å². The summed E-state index contributed by atoms with van der Waals surface area (Å²) in [7, 11) is -3.77. The first-order valence-electron chi connectivity index (χ1n) is 9.90. The summed E-state index contributed by atoms with van der Waals surface area (Å²) in [5, 5.41) is 0.558. The molecule has 0 fully saturated rings. The predicted molar refractivity (Wildman–Crippen MR) is 125 cm³/mol. The highest BCUT2D eigenvalue weighted by Crippen LogP contribution is 2.38. The molecule has 3 aromatic rings. The average Bonchev–Trinajstić information content (AvgIpc) is 3.23. The van der Waals surface area contributed by atoms with Crippen LogP contribution in [-0.4, -0.2) is 33.2 Å². The van der Waals surface area contributed by atoms with Gasteiger partial charge in [0.2, 0.25) is 0 Å². The van der Waals surface area contributed by atoms with Crippen LogP contribution in [0, 0.1) is 0 Å². The van der Waals surface area contributed by atoms with Crippen LogP contribution < -0.4 is 9.21 Å². The van der Waals surface area contributed by atoms with Crippen LogP contribution in [0.5, 0.6) is 0 Å². The number of carbonyl (C=O) groups is 1. The van der Waals surface area contributed by atoms with E-state index in [0.29, 0.717) is 35.8 Å². The Morgan fingerprint density at radius 2 is 1.77 bits per heavy atom. The monoisotopic (exact) mass is 470 g/mol. The zero-order valence-electron chi connectivity index (χ0n) is 16.5. The zero-order chi connectivity index (χ0) is 21.6. The lowest BCUT2D eigenvalue weighted by molar-refractivity contribution is 0.0987. The third-order valence-corrected chi connectivity index (χ3v) is 8.63. The predicted octanol–water partition coefficient (Wildman–Crippen LogP) is 4.84. The standard InChI is InChI=1S/C23H19ClN2O3S2/c24-18-8-9-22-21(15-18)25(12-13-30-22)23(27)17-5-3-6-19(14-17)31(28,29)26-11-10-16-4-1-2-7-20(16)26/h1-9,14-15H,10-13H2. The van der Waals surface area contributed by atoms with Crippen molar-refractivity contribution in [2.75, 3.05) is 28.0 Å². The molecule has 8 heteroatoms. The lowest BCUT2D eigenvalue weighted by atomic mass is 10.1. The molecule has 0 bridgehead atoms. The van der Waals surface area contributed by atoms with Gasteiger partial charge in [0.05, 0.1) is 16.3 Å². The highest BCUT2D eigenvalue weighted by Gasteiger charge is 2.32. The van der Waals surface area contributed by atoms with Crippen molar-refractivity contribution in [2.45, 2.75) is 16.2 Å². The molecular weight excluding hydrogens is 452 g/mol. The van der Waals surface area contributed by atoms with Gasteiger partial charge < -0.3 is 4.90 Å². The summed E-state index contributed by atoms with van der Waals surface area (Å²) in [6, 6.07) is 19.3. The number of carbonyl (C=O) groups excluding carboxylic acids is 1. The van der Waals surface area contributed by atoms with E-state index in [9.17, 15) is 13.2 Å². The number of para-hydroxylation sites is 1. The molecule has 0 unspecified atom stereocenters. The quantitative estimate of drug-likeness (QED) is 0.549. The molecule has 0 N–H and O–H groups in total. The SMILES string of the molecule is O=C(c1cccc(S(=O)(=O)N2CCc3ccccc32)c1)N1CCSc2ccc(Cl)cc21. The van der Waals surface area contributed by atoms with Gasteiger partial charge in [-0.25, -0.2) is 8.42 Å². The van der Waals surface area contributed by atoms with Crippen molar-refractivity contribution >= 4 is 50.7 Å². The molecule has 158 valence electrons. The molecule has 2 heterocycles. The van der Waals surface area contributed by atoms with Crippen LogP contribution in [0.1, 0.15) is 15.9 Å². The summed E-state index contributed by atoms with van der Waals surface area (Å²) in [4.78, 5) is 16.1. The Bertz CT molecular complexity index is 1290. The van der Waals surface area contributed by atoms with E-state index in [1.165, 1.54) is 10.4 Å². The number of benzene rings is 3. The number of thioether (sulfide) groups is 1. The Morgan fingerprint density at radius 1 is 0.935 bits per heavy atom. The van der Waals surface area contributed by atoms with Crippen LogP contribution >= 0.6 is 23.4 Å². The van der Waals surface area contributed by atoms with Gasteiger partial charge in [-0.3, -0.25) is 9.10 Å². The number of anilines is 2. The van der Waals surface area contributed by atoms with E-state index in [0.717, 1.165) is 21.9 Å². The molecule has 5 nitrogen and oxygen atoms in total. The summed E-state index contributed by atoms with van der Waals surface area (Å²) >= 11 is 7.84. The van der Waals surface area contributed by atoms with E-state index in [1.54, 1.807) is 40.9 Å². The average molecular weight is 471 g/mol. The molecule has 0 aliphatic carbocycles. The Balaban J connectivity index is 1.49. The number of halogens is 1. The molecule has 0 saturated carbocycles. The molecular formula is C23H19ClN2O3S2. The number of hydrogen-bond acceptors (Lipinski definition) is 4. The van der Waals surface area contributed by atoms with E-state index >= 15 is 0 Å². The van der Waals surface area contributed by atoms with Crippen molar-refractivity contribution in [1.82, 2.24) is 0 Å². The molecule has 0 saturated heterocycles. The van der Waals surface area contributed by atoms with Crippen molar-refractivity contribution in [3.05, 3.63) is 82.9 Å². The van der Waals surface area contributed by atoms with Crippen molar-refractivity contribution in [3.63, 3.8) is 0 Å². The number of sulfonamides is 1. The number of fused-ring (bicyclic) bond motifs is 2. The maximum atomic E-state index is 13.4. The Kier molecular flexibility index (Phi) is 5.20. The van der Waals surface area contributed by atoms with E-state index in [2.05, 4.69) is 0 Å². The summed E-state index contributed by atoms with van der Waals surface area (Å²) in [6.45, 7) is 0.933. The second-order valence-corrected chi connectivity index (χ2v) is 10.8. The van der Waals surface area contributed by atoms with Crippen LogP contribution in [0.3, 0.4) is 0 Å². The second-order valence-electron chi connectivity index (χ2n) is 7.40. The van der Waals surface area contributed by atoms with Gasteiger partial charge in [0.1, 0.15) is 0 Å². The summed E-state index contributed by atoms with van der Waals surface area (Å²) in [5.41, 5.74) is 2.82. The molecule has 3 aromatic carbocycles. The zero-order valence-corrected chi connectivity index (χ0v) is 18.9. The molecule has 1 amide bonds. The fourth-order valence-electron chi connectivity index (χ4n) is 4.03. The first-order valence-corrected chi connectivity index (χ1v) is 12.7. The highest BCUT2D eigenvalue weighted by atomic mass is 35.5. The second kappa shape index (κ2) is 7.89. The minimum atomic E-state index is -3.77. The lowest BCUT2D eigenvalue weighted by Gasteiger charge is -2.29. The highest BCUT2D eigenvalue weighted by molar-refractivity contribution is 7.99. The van der Waals surface area contributed by atoms with Crippen molar-refractivity contribution < 1.29 is 13.2 Å². The van der Waals surface area contributed by atoms with Crippen LogP contribution in [0.2, 0.25) is 5.02 Å². The molecule has 0 spiro atoms. The van der Waals surface area contributed by atoms with Crippen LogP contribution in [0.15, 0.2) is 76.5 Å². The largest absolute Gasteiger partial charge is 0.306 e. The van der Waals surface area contributed by atoms with E-state index in [-0.39, 0.29) is 10.8 Å². The number of nitrogens with zero attached hydrogens (tertiary/aromatic N) is 2. The van der Waals surface area contributed by atoms with Crippen molar-refractivity contribution in [2.24, 2.45) is 0 Å². The minimum Gasteiger partial charge on any atom is -0.306 e. The topological polar surface area (TPSA) is 57.7 Å². The number of hydrogen-bond donors (Lipinski definition) is 0. The minimum absolute atomic E-state index is 0.118. The maximum absolute atomic E-state index is 13.4. The van der Waals surface area contributed by atoms with Crippen LogP contribution in [0.4, 0.5) is 11.4 Å². The van der Waals surface area contributed by atoms with E-state index < -0.39 is 10.0 Å². The maximum Gasteiger partial charge on any atom is 0.264 e. The fraction of sp³-hybridized carbons (Fsp3) is 0.174. The Labute approximate surface area is 190 Å². The van der Waals surface area contributed by atoms with Gasteiger partial charge in [-0.15, -0.1) is 11.8 Å². The molecule has 0 radical (unpaired) electrons. The van der Waals surface area contributed by atoms with Crippen molar-refractivity contribution in [3.8, 4) is 0 Å². The molecule has 5 rings (SSSR count). The molecule has 0 aromatic heterocycles. The molecule has 0 atom stereocenters. The summed E-state index contributed by atoms with van der Waals surface area (Å²) in [6.07, 6.45) is 0.678. The van der Waals surface area contributed by atoms with Gasteiger partial charge in [0.15, 0.2) is 0 Å². The third kappa shape index (κ3) is 3.60. The Morgan fingerprint density at radius 3 is 2.65 bits per heavy atom. The van der Waals surface area contributed by atoms with E-state index in [1.807, 2.05) is 36.4 Å². The summed E-state index contributed by atoms with van der Waals surface area (Å²) < 4.78 is 28.2. The fourth-order valence-corrected chi connectivity index (χ4v) is 6.72. The first kappa shape index (κ1) is 20.4. The third-order valence-electron chi connectivity index (χ3n) is 5.54. The van der Waals surface area contributed by atoms with Crippen LogP contribution in [0.25, 0.3) is 0 Å². The van der Waals surface area contributed by atoms with Gasteiger partial charge in [-0.05, 0) is 54.4 Å². The smallest absolute Gasteiger partial charge is 0.264 e.